The predicted octanol–water partition coefficient (Wildman–Crippen LogP) is 7.37. The molecule has 0 heterocycles. The highest BCUT2D eigenvalue weighted by Crippen LogP contribution is 2.30. The summed E-state index contributed by atoms with van der Waals surface area (Å²) in [6.07, 6.45) is 7.92. The van der Waals surface area contributed by atoms with E-state index >= 15 is 0 Å². The Kier molecular flexibility index (Phi) is 13.1. The minimum atomic E-state index is -5.32. The van der Waals surface area contributed by atoms with Gasteiger partial charge >= 0.3 is 12.2 Å². The van der Waals surface area contributed by atoms with Gasteiger partial charge in [0.25, 0.3) is 5.83 Å². The van der Waals surface area contributed by atoms with Crippen LogP contribution in [0.4, 0.5) is 22.0 Å². The summed E-state index contributed by atoms with van der Waals surface area (Å²) in [5, 5.41) is 0. The van der Waals surface area contributed by atoms with E-state index in [1.807, 2.05) is 0 Å². The first-order valence-electron chi connectivity index (χ1n) is 8.64. The molecule has 0 saturated heterocycles. The molecule has 0 radical (unpaired) electrons. The third-order valence-corrected chi connectivity index (χ3v) is 3.65. The highest BCUT2D eigenvalue weighted by molar-refractivity contribution is 4.99. The van der Waals surface area contributed by atoms with Crippen molar-refractivity contribution in [2.45, 2.75) is 90.1 Å². The molecule has 0 saturated carbocycles. The van der Waals surface area contributed by atoms with Crippen molar-refractivity contribution < 1.29 is 26.7 Å². The Labute approximate surface area is 136 Å². The van der Waals surface area contributed by atoms with Crippen LogP contribution in [0.5, 0.6) is 0 Å². The van der Waals surface area contributed by atoms with Crippen molar-refractivity contribution in [3.05, 3.63) is 11.8 Å². The molecule has 1 nitrogen and oxygen atoms in total. The Hall–Kier alpha value is -0.810. The molecule has 0 aliphatic rings. The number of alkyl halides is 3. The summed E-state index contributed by atoms with van der Waals surface area (Å²) in [5.41, 5.74) is 0. The average Bonchev–Trinajstić information content (AvgIpc) is 2.50. The lowest BCUT2D eigenvalue weighted by atomic mass is 10.1. The van der Waals surface area contributed by atoms with Gasteiger partial charge in [-0.2, -0.15) is 22.0 Å². The number of rotatable bonds is 14. The molecule has 0 aromatic rings. The van der Waals surface area contributed by atoms with Crippen LogP contribution in [0.3, 0.4) is 0 Å². The van der Waals surface area contributed by atoms with Crippen LogP contribution in [0.2, 0.25) is 0 Å². The Morgan fingerprint density at radius 2 is 1.09 bits per heavy atom. The van der Waals surface area contributed by atoms with Crippen molar-refractivity contribution >= 4 is 0 Å². The van der Waals surface area contributed by atoms with E-state index in [9.17, 15) is 22.0 Å². The van der Waals surface area contributed by atoms with Crippen LogP contribution in [0, 0.1) is 0 Å². The van der Waals surface area contributed by atoms with Gasteiger partial charge in [-0.05, 0) is 6.42 Å². The van der Waals surface area contributed by atoms with E-state index in [1.54, 1.807) is 0 Å². The number of ether oxygens (including phenoxy) is 1. The molecule has 6 heteroatoms. The van der Waals surface area contributed by atoms with E-state index in [0.717, 1.165) is 25.7 Å². The standard InChI is InChI=1S/C17H29F5O/c1-2-3-4-5-6-7-8-9-10-11-12-13-14-23-16(19)15(18)17(20,21)22/h2-14H2,1H3. The molecule has 0 spiro atoms. The zero-order valence-electron chi connectivity index (χ0n) is 14.0. The number of hydrogen-bond donors (Lipinski definition) is 0. The first-order chi connectivity index (χ1) is 10.9. The van der Waals surface area contributed by atoms with Gasteiger partial charge in [0.05, 0.1) is 6.61 Å². The number of halogens is 5. The Morgan fingerprint density at radius 1 is 0.696 bits per heavy atom. The summed E-state index contributed by atoms with van der Waals surface area (Å²) >= 11 is 0. The molecule has 0 aromatic heterocycles. The summed E-state index contributed by atoms with van der Waals surface area (Å²) in [5.74, 6) is -2.79. The molecule has 23 heavy (non-hydrogen) atoms. The fraction of sp³-hybridized carbons (Fsp3) is 0.882. The minimum Gasteiger partial charge on any atom is -0.469 e. The van der Waals surface area contributed by atoms with Gasteiger partial charge in [0.2, 0.25) is 0 Å². The SMILES string of the molecule is CCCCCCCCCCCCCCOC(F)=C(F)C(F)(F)F. The summed E-state index contributed by atoms with van der Waals surface area (Å²) in [4.78, 5) is 0. The third-order valence-electron chi connectivity index (χ3n) is 3.65. The van der Waals surface area contributed by atoms with Crippen LogP contribution >= 0.6 is 0 Å². The molecule has 0 aliphatic carbocycles. The average molecular weight is 344 g/mol. The number of hydrogen-bond acceptors (Lipinski definition) is 1. The molecule has 0 rings (SSSR count). The van der Waals surface area contributed by atoms with E-state index in [1.165, 1.54) is 44.9 Å². The normalized spacial score (nSPS) is 13.1. The molecule has 0 aromatic carbocycles. The van der Waals surface area contributed by atoms with Gasteiger partial charge in [-0.3, -0.25) is 0 Å². The van der Waals surface area contributed by atoms with E-state index in [4.69, 9.17) is 0 Å². The zero-order valence-corrected chi connectivity index (χ0v) is 14.0. The van der Waals surface area contributed by atoms with Gasteiger partial charge in [0.1, 0.15) is 0 Å². The molecule has 0 atom stereocenters. The maximum atomic E-state index is 12.7. The largest absolute Gasteiger partial charge is 0.469 e. The minimum absolute atomic E-state index is 0.229. The number of allylic oxidation sites excluding steroid dienone is 1. The summed E-state index contributed by atoms with van der Waals surface area (Å²) in [6, 6.07) is -2.17. The molecular formula is C17H29F5O. The molecule has 0 amide bonds. The second-order valence-corrected chi connectivity index (χ2v) is 5.82. The first-order valence-corrected chi connectivity index (χ1v) is 8.64. The number of unbranched alkanes of at least 4 members (excludes halogenated alkanes) is 11. The van der Waals surface area contributed by atoms with Crippen molar-refractivity contribution in [2.24, 2.45) is 0 Å². The van der Waals surface area contributed by atoms with E-state index in [-0.39, 0.29) is 6.61 Å². The lowest BCUT2D eigenvalue weighted by Crippen LogP contribution is -2.11. The van der Waals surface area contributed by atoms with Crippen molar-refractivity contribution in [1.29, 1.82) is 0 Å². The monoisotopic (exact) mass is 344 g/mol. The molecule has 0 N–H and O–H groups in total. The highest BCUT2D eigenvalue weighted by Gasteiger charge is 2.39. The Bertz CT molecular complexity index is 313. The molecule has 0 bridgehead atoms. The third kappa shape index (κ3) is 13.3. The smallest absolute Gasteiger partial charge is 0.449 e. The van der Waals surface area contributed by atoms with Crippen LogP contribution in [0.25, 0.3) is 0 Å². The summed E-state index contributed by atoms with van der Waals surface area (Å²) in [7, 11) is 0. The van der Waals surface area contributed by atoms with Gasteiger partial charge in [-0.1, -0.05) is 77.6 Å². The van der Waals surface area contributed by atoms with Gasteiger partial charge in [-0.25, -0.2) is 0 Å². The highest BCUT2D eigenvalue weighted by atomic mass is 19.4. The van der Waals surface area contributed by atoms with Crippen LogP contribution in [0.15, 0.2) is 11.8 Å². The Balaban J connectivity index is 3.37. The maximum Gasteiger partial charge on any atom is 0.449 e. The molecule has 0 unspecified atom stereocenters. The lowest BCUT2D eigenvalue weighted by molar-refractivity contribution is -0.116. The molecule has 138 valence electrons. The van der Waals surface area contributed by atoms with Crippen LogP contribution in [-0.2, 0) is 4.74 Å². The first kappa shape index (κ1) is 22.2. The maximum absolute atomic E-state index is 12.7. The van der Waals surface area contributed by atoms with E-state index in [0.29, 0.717) is 6.42 Å². The second-order valence-electron chi connectivity index (χ2n) is 5.82. The fourth-order valence-corrected chi connectivity index (χ4v) is 2.28. The zero-order chi connectivity index (χ0) is 17.6. The predicted molar refractivity (Wildman–Crippen MR) is 82.3 cm³/mol. The van der Waals surface area contributed by atoms with Gasteiger partial charge in [0.15, 0.2) is 0 Å². The van der Waals surface area contributed by atoms with Crippen LogP contribution in [-0.4, -0.2) is 12.8 Å². The van der Waals surface area contributed by atoms with Crippen LogP contribution in [0.1, 0.15) is 84.0 Å². The van der Waals surface area contributed by atoms with Crippen molar-refractivity contribution in [3.8, 4) is 0 Å². The molecule has 0 fully saturated rings. The van der Waals surface area contributed by atoms with E-state index in [2.05, 4.69) is 11.7 Å². The van der Waals surface area contributed by atoms with Gasteiger partial charge in [-0.15, -0.1) is 0 Å². The quantitative estimate of drug-likeness (QED) is 0.181. The topological polar surface area (TPSA) is 9.23 Å². The lowest BCUT2D eigenvalue weighted by Gasteiger charge is -2.07. The van der Waals surface area contributed by atoms with Crippen molar-refractivity contribution in [3.63, 3.8) is 0 Å². The van der Waals surface area contributed by atoms with Crippen LogP contribution < -0.4 is 0 Å². The fourth-order valence-electron chi connectivity index (χ4n) is 2.28. The van der Waals surface area contributed by atoms with Crippen molar-refractivity contribution in [2.75, 3.05) is 6.61 Å². The van der Waals surface area contributed by atoms with Crippen molar-refractivity contribution in [1.82, 2.24) is 0 Å². The van der Waals surface area contributed by atoms with Gasteiger partial charge < -0.3 is 4.74 Å². The van der Waals surface area contributed by atoms with Gasteiger partial charge in [0, 0.05) is 0 Å². The summed E-state index contributed by atoms with van der Waals surface area (Å²) in [6.45, 7) is 1.97. The molecular weight excluding hydrogens is 315 g/mol. The van der Waals surface area contributed by atoms with E-state index < -0.39 is 18.0 Å². The Morgan fingerprint density at radius 3 is 1.48 bits per heavy atom. The second kappa shape index (κ2) is 13.6. The molecule has 0 aliphatic heterocycles. The summed E-state index contributed by atoms with van der Waals surface area (Å²) < 4.78 is 64.7.